The van der Waals surface area contributed by atoms with Crippen molar-refractivity contribution in [1.82, 2.24) is 5.43 Å². The monoisotopic (exact) mass is 396 g/mol. The molecule has 0 aliphatic heterocycles. The van der Waals surface area contributed by atoms with E-state index in [1.54, 1.807) is 31.5 Å². The standard InChI is InChI=1S/C22H21ClN2O3/c1-3-28-21-11-8-15-6-4-5-7-18(15)19(21)14-24-25-22(26)13-16-12-17(27-2)9-10-20(16)23/h4-12,14H,3,13H2,1-2H3,(H,25,26)/b24-14+. The molecule has 0 aliphatic rings. The van der Waals surface area contributed by atoms with Crippen molar-refractivity contribution in [1.29, 1.82) is 0 Å². The second-order valence-corrected chi connectivity index (χ2v) is 6.47. The molecule has 3 rings (SSSR count). The number of carbonyl (C=O) groups is 1. The van der Waals surface area contributed by atoms with E-state index in [2.05, 4.69) is 10.5 Å². The van der Waals surface area contributed by atoms with Gasteiger partial charge < -0.3 is 9.47 Å². The average Bonchev–Trinajstić information content (AvgIpc) is 2.71. The predicted octanol–water partition coefficient (Wildman–Crippen LogP) is 4.59. The molecule has 3 aromatic rings. The van der Waals surface area contributed by atoms with Gasteiger partial charge in [0.1, 0.15) is 11.5 Å². The lowest BCUT2D eigenvalue weighted by Crippen LogP contribution is -2.20. The fourth-order valence-electron chi connectivity index (χ4n) is 2.89. The van der Waals surface area contributed by atoms with Gasteiger partial charge in [-0.15, -0.1) is 0 Å². The summed E-state index contributed by atoms with van der Waals surface area (Å²) in [6, 6.07) is 17.1. The number of hydrogen-bond donors (Lipinski definition) is 1. The molecule has 5 nitrogen and oxygen atoms in total. The van der Waals surface area contributed by atoms with E-state index in [1.807, 2.05) is 43.3 Å². The fourth-order valence-corrected chi connectivity index (χ4v) is 3.07. The Morgan fingerprint density at radius 3 is 2.79 bits per heavy atom. The van der Waals surface area contributed by atoms with Crippen LogP contribution in [0.1, 0.15) is 18.1 Å². The highest BCUT2D eigenvalue weighted by Gasteiger charge is 2.09. The summed E-state index contributed by atoms with van der Waals surface area (Å²) >= 11 is 6.16. The first kappa shape index (κ1) is 19.7. The topological polar surface area (TPSA) is 59.9 Å². The maximum Gasteiger partial charge on any atom is 0.244 e. The lowest BCUT2D eigenvalue weighted by atomic mass is 10.0. The molecule has 0 aromatic heterocycles. The number of halogens is 1. The molecular formula is C22H21ClN2O3. The van der Waals surface area contributed by atoms with Gasteiger partial charge in [0.2, 0.25) is 5.91 Å². The van der Waals surface area contributed by atoms with Crippen LogP contribution in [0, 0.1) is 0 Å². The zero-order chi connectivity index (χ0) is 19.9. The van der Waals surface area contributed by atoms with Crippen LogP contribution in [0.25, 0.3) is 10.8 Å². The molecule has 0 bridgehead atoms. The number of rotatable bonds is 7. The third-order valence-corrected chi connectivity index (χ3v) is 4.59. The van der Waals surface area contributed by atoms with Crippen molar-refractivity contribution in [3.8, 4) is 11.5 Å². The Balaban J connectivity index is 1.77. The van der Waals surface area contributed by atoms with E-state index >= 15 is 0 Å². The number of nitrogens with zero attached hydrogens (tertiary/aromatic N) is 1. The molecule has 0 fully saturated rings. The van der Waals surface area contributed by atoms with E-state index in [0.717, 1.165) is 22.1 Å². The van der Waals surface area contributed by atoms with Crippen LogP contribution in [-0.2, 0) is 11.2 Å². The number of nitrogens with one attached hydrogen (secondary N) is 1. The molecule has 28 heavy (non-hydrogen) atoms. The molecule has 1 N–H and O–H groups in total. The van der Waals surface area contributed by atoms with E-state index in [4.69, 9.17) is 21.1 Å². The van der Waals surface area contributed by atoms with Gasteiger partial charge in [-0.1, -0.05) is 41.9 Å². The number of ether oxygens (including phenoxy) is 2. The van der Waals surface area contributed by atoms with Gasteiger partial charge in [-0.25, -0.2) is 5.43 Å². The molecular weight excluding hydrogens is 376 g/mol. The minimum Gasteiger partial charge on any atom is -0.497 e. The van der Waals surface area contributed by atoms with Gasteiger partial charge >= 0.3 is 0 Å². The first-order valence-corrected chi connectivity index (χ1v) is 9.29. The summed E-state index contributed by atoms with van der Waals surface area (Å²) in [5.41, 5.74) is 4.05. The molecule has 0 saturated heterocycles. The third kappa shape index (κ3) is 4.61. The number of hydrazone groups is 1. The van der Waals surface area contributed by atoms with Gasteiger partial charge in [0, 0.05) is 10.6 Å². The number of carbonyl (C=O) groups excluding carboxylic acids is 1. The summed E-state index contributed by atoms with van der Waals surface area (Å²) in [7, 11) is 1.57. The van der Waals surface area contributed by atoms with E-state index in [9.17, 15) is 4.79 Å². The molecule has 0 spiro atoms. The van der Waals surface area contributed by atoms with Crippen molar-refractivity contribution in [2.24, 2.45) is 5.10 Å². The summed E-state index contributed by atoms with van der Waals surface area (Å²) < 4.78 is 10.9. The Labute approximate surface area is 168 Å². The van der Waals surface area contributed by atoms with Gasteiger partial charge in [0.25, 0.3) is 0 Å². The van der Waals surface area contributed by atoms with Gasteiger partial charge in [-0.05, 0) is 47.5 Å². The van der Waals surface area contributed by atoms with E-state index < -0.39 is 0 Å². The molecule has 144 valence electrons. The van der Waals surface area contributed by atoms with Crippen LogP contribution in [-0.4, -0.2) is 25.8 Å². The van der Waals surface area contributed by atoms with Gasteiger partial charge in [-0.2, -0.15) is 5.10 Å². The summed E-state index contributed by atoms with van der Waals surface area (Å²) in [5, 5.41) is 6.70. The van der Waals surface area contributed by atoms with Crippen molar-refractivity contribution >= 4 is 34.5 Å². The van der Waals surface area contributed by atoms with E-state index in [-0.39, 0.29) is 12.3 Å². The van der Waals surface area contributed by atoms with Crippen molar-refractivity contribution in [3.05, 3.63) is 70.7 Å². The van der Waals surface area contributed by atoms with Crippen molar-refractivity contribution in [3.63, 3.8) is 0 Å². The predicted molar refractivity (Wildman–Crippen MR) is 113 cm³/mol. The minimum atomic E-state index is -0.274. The summed E-state index contributed by atoms with van der Waals surface area (Å²) in [5.74, 6) is 1.09. The molecule has 6 heteroatoms. The Morgan fingerprint density at radius 1 is 1.18 bits per heavy atom. The number of benzene rings is 3. The Hall–Kier alpha value is -3.05. The van der Waals surface area contributed by atoms with E-state index in [1.165, 1.54) is 0 Å². The van der Waals surface area contributed by atoms with Crippen LogP contribution in [0.5, 0.6) is 11.5 Å². The first-order valence-electron chi connectivity index (χ1n) is 8.91. The van der Waals surface area contributed by atoms with Gasteiger partial charge in [0.15, 0.2) is 0 Å². The largest absolute Gasteiger partial charge is 0.497 e. The quantitative estimate of drug-likeness (QED) is 0.469. The summed E-state index contributed by atoms with van der Waals surface area (Å²) in [4.78, 5) is 12.3. The molecule has 0 atom stereocenters. The zero-order valence-corrected chi connectivity index (χ0v) is 16.5. The SMILES string of the molecule is CCOc1ccc2ccccc2c1/C=N/NC(=O)Cc1cc(OC)ccc1Cl. The first-order chi connectivity index (χ1) is 13.6. The highest BCUT2D eigenvalue weighted by Crippen LogP contribution is 2.27. The third-order valence-electron chi connectivity index (χ3n) is 4.22. The lowest BCUT2D eigenvalue weighted by molar-refractivity contribution is -0.120. The zero-order valence-electron chi connectivity index (χ0n) is 15.7. The minimum absolute atomic E-state index is 0.0984. The Morgan fingerprint density at radius 2 is 2.00 bits per heavy atom. The molecule has 1 amide bonds. The molecule has 0 radical (unpaired) electrons. The van der Waals surface area contributed by atoms with Crippen molar-refractivity contribution in [2.45, 2.75) is 13.3 Å². The molecule has 0 saturated carbocycles. The maximum atomic E-state index is 12.3. The number of hydrogen-bond acceptors (Lipinski definition) is 4. The van der Waals surface area contributed by atoms with Crippen LogP contribution in [0.3, 0.4) is 0 Å². The lowest BCUT2D eigenvalue weighted by Gasteiger charge is -2.10. The number of fused-ring (bicyclic) bond motifs is 1. The van der Waals surface area contributed by atoms with Crippen LogP contribution in [0.15, 0.2) is 59.7 Å². The Bertz CT molecular complexity index is 1020. The fraction of sp³-hybridized carbons (Fsp3) is 0.182. The molecule has 3 aromatic carbocycles. The van der Waals surface area contributed by atoms with Crippen LogP contribution in [0.2, 0.25) is 5.02 Å². The highest BCUT2D eigenvalue weighted by atomic mass is 35.5. The normalized spacial score (nSPS) is 11.0. The maximum absolute atomic E-state index is 12.3. The molecule has 0 unspecified atom stereocenters. The second-order valence-electron chi connectivity index (χ2n) is 6.06. The number of methoxy groups -OCH3 is 1. The summed E-state index contributed by atoms with van der Waals surface area (Å²) in [6.07, 6.45) is 1.71. The van der Waals surface area contributed by atoms with Crippen molar-refractivity contribution in [2.75, 3.05) is 13.7 Å². The summed E-state index contributed by atoms with van der Waals surface area (Å²) in [6.45, 7) is 2.47. The van der Waals surface area contributed by atoms with E-state index in [0.29, 0.717) is 22.9 Å². The molecule has 0 aliphatic carbocycles. The second kappa shape index (κ2) is 9.24. The smallest absolute Gasteiger partial charge is 0.244 e. The average molecular weight is 397 g/mol. The number of amides is 1. The van der Waals surface area contributed by atoms with Gasteiger partial charge in [-0.3, -0.25) is 4.79 Å². The van der Waals surface area contributed by atoms with Crippen LogP contribution < -0.4 is 14.9 Å². The van der Waals surface area contributed by atoms with Crippen LogP contribution >= 0.6 is 11.6 Å². The van der Waals surface area contributed by atoms with Gasteiger partial charge in [0.05, 0.1) is 26.4 Å². The Kier molecular flexibility index (Phi) is 6.50. The molecule has 0 heterocycles. The van der Waals surface area contributed by atoms with Crippen molar-refractivity contribution < 1.29 is 14.3 Å². The van der Waals surface area contributed by atoms with Crippen LogP contribution in [0.4, 0.5) is 0 Å². The highest BCUT2D eigenvalue weighted by molar-refractivity contribution is 6.31.